The van der Waals surface area contributed by atoms with E-state index in [1.165, 1.54) is 0 Å². The molecule has 95 heavy (non-hydrogen) atoms. The molecule has 0 spiro atoms. The summed E-state index contributed by atoms with van der Waals surface area (Å²) in [5.41, 5.74) is 3.77. The van der Waals surface area contributed by atoms with Crippen molar-refractivity contribution in [3.63, 3.8) is 0 Å². The second kappa shape index (κ2) is 23.7. The molecule has 13 aromatic rings. The SMILES string of the molecule is C=Cc1ccc(Oc2ccc(C3(c4c(F)c(F)cc(F)c4F)c4ccccc4-c4ccc(N(c5cccc(-c6ccccc6-c6ccccc6)c5)c5ccc6c(c5)C(c5ccc(Oc7ccc(C=C)cc7)cc5)(c5c(F)c(F)cc(F)c5F)c5ccccc5-6)cc43)cc2)cc1. The molecule has 0 amide bonds. The smallest absolute Gasteiger partial charge is 0.166 e. The number of nitrogens with zero attached hydrogens (tertiary/aromatic N) is 1. The van der Waals surface area contributed by atoms with Gasteiger partial charge in [0.2, 0.25) is 0 Å². The summed E-state index contributed by atoms with van der Waals surface area (Å²) in [4.78, 5) is 1.86. The van der Waals surface area contributed by atoms with E-state index in [0.717, 1.165) is 33.4 Å². The monoisotopic (exact) mass is 1260 g/mol. The molecule has 2 aliphatic rings. The first-order valence-corrected chi connectivity index (χ1v) is 30.5. The maximum atomic E-state index is 17.5. The molecule has 460 valence electrons. The Balaban J connectivity index is 0.994. The van der Waals surface area contributed by atoms with E-state index in [4.69, 9.17) is 9.47 Å². The lowest BCUT2D eigenvalue weighted by molar-refractivity contribution is 0.426. The van der Waals surface area contributed by atoms with Gasteiger partial charge in [0.25, 0.3) is 0 Å². The third-order valence-electron chi connectivity index (χ3n) is 18.3. The minimum Gasteiger partial charge on any atom is -0.457 e. The molecule has 0 heterocycles. The molecule has 11 heteroatoms. The zero-order valence-corrected chi connectivity index (χ0v) is 50.3. The Kier molecular flexibility index (Phi) is 14.8. The van der Waals surface area contributed by atoms with Crippen LogP contribution >= 0.6 is 0 Å². The van der Waals surface area contributed by atoms with Crippen molar-refractivity contribution in [1.82, 2.24) is 0 Å². The van der Waals surface area contributed by atoms with Gasteiger partial charge < -0.3 is 14.4 Å². The van der Waals surface area contributed by atoms with Crippen LogP contribution in [0.1, 0.15) is 55.6 Å². The first kappa shape index (κ1) is 59.5. The van der Waals surface area contributed by atoms with Crippen LogP contribution < -0.4 is 14.4 Å². The number of fused-ring (bicyclic) bond motifs is 6. The fourth-order valence-corrected chi connectivity index (χ4v) is 14.1. The number of hydrogen-bond acceptors (Lipinski definition) is 3. The molecule has 0 bridgehead atoms. The van der Waals surface area contributed by atoms with Crippen LogP contribution in [0.2, 0.25) is 0 Å². The van der Waals surface area contributed by atoms with E-state index in [0.29, 0.717) is 73.4 Å². The highest BCUT2D eigenvalue weighted by Gasteiger charge is 2.53. The van der Waals surface area contributed by atoms with Gasteiger partial charge in [-0.1, -0.05) is 201 Å². The molecule has 0 aromatic heterocycles. The van der Waals surface area contributed by atoms with Crippen molar-refractivity contribution in [2.75, 3.05) is 4.90 Å². The van der Waals surface area contributed by atoms with Gasteiger partial charge in [0.05, 0.1) is 10.8 Å². The summed E-state index contributed by atoms with van der Waals surface area (Å²) in [5, 5.41) is 0. The number of rotatable bonds is 15. The van der Waals surface area contributed by atoms with Crippen molar-refractivity contribution >= 4 is 29.2 Å². The summed E-state index contributed by atoms with van der Waals surface area (Å²) < 4.78 is 148. The summed E-state index contributed by atoms with van der Waals surface area (Å²) in [6, 6.07) is 77.5. The van der Waals surface area contributed by atoms with E-state index in [2.05, 4.69) is 13.2 Å². The van der Waals surface area contributed by atoms with Crippen LogP contribution in [-0.2, 0) is 10.8 Å². The van der Waals surface area contributed by atoms with Crippen LogP contribution in [0.5, 0.6) is 23.0 Å². The Morgan fingerprint density at radius 1 is 0.284 bits per heavy atom. The second-order valence-corrected chi connectivity index (χ2v) is 23.3. The van der Waals surface area contributed by atoms with Gasteiger partial charge in [-0.25, -0.2) is 35.1 Å². The number of halogens is 8. The molecule has 2 atom stereocenters. The predicted molar refractivity (Wildman–Crippen MR) is 359 cm³/mol. The van der Waals surface area contributed by atoms with Crippen LogP contribution in [0, 0.1) is 46.5 Å². The highest BCUT2D eigenvalue weighted by Crippen LogP contribution is 2.61. The highest BCUT2D eigenvalue weighted by atomic mass is 19.2. The van der Waals surface area contributed by atoms with Crippen molar-refractivity contribution in [3.8, 4) is 67.5 Å². The lowest BCUT2D eigenvalue weighted by Crippen LogP contribution is -2.32. The molecule has 0 aliphatic heterocycles. The van der Waals surface area contributed by atoms with Crippen molar-refractivity contribution in [2.45, 2.75) is 10.8 Å². The second-order valence-electron chi connectivity index (χ2n) is 23.3. The molecule has 13 aromatic carbocycles. The van der Waals surface area contributed by atoms with Gasteiger partial charge in [0, 0.05) is 40.3 Å². The van der Waals surface area contributed by atoms with E-state index in [1.54, 1.807) is 158 Å². The van der Waals surface area contributed by atoms with Crippen LogP contribution in [-0.4, -0.2) is 0 Å². The number of benzene rings is 13. The minimum absolute atomic E-state index is 0.188. The van der Waals surface area contributed by atoms with Gasteiger partial charge in [-0.3, -0.25) is 0 Å². The summed E-state index contributed by atoms with van der Waals surface area (Å²) >= 11 is 0. The van der Waals surface area contributed by atoms with Gasteiger partial charge in [-0.2, -0.15) is 0 Å². The Bertz CT molecular complexity index is 4890. The van der Waals surface area contributed by atoms with Gasteiger partial charge in [0.1, 0.15) is 23.0 Å². The molecule has 0 fully saturated rings. The lowest BCUT2D eigenvalue weighted by atomic mass is 9.67. The molecule has 0 radical (unpaired) electrons. The number of anilines is 3. The summed E-state index contributed by atoms with van der Waals surface area (Å²) in [6.45, 7) is 7.66. The Hall–Kier alpha value is -11.8. The first-order chi connectivity index (χ1) is 46.3. The van der Waals surface area contributed by atoms with E-state index < -0.39 is 68.5 Å². The molecule has 2 aliphatic carbocycles. The van der Waals surface area contributed by atoms with E-state index in [9.17, 15) is 0 Å². The fourth-order valence-electron chi connectivity index (χ4n) is 14.1. The molecule has 2 unspecified atom stereocenters. The lowest BCUT2D eigenvalue weighted by Gasteiger charge is -2.36. The van der Waals surface area contributed by atoms with Gasteiger partial charge in [-0.05, 0) is 174 Å². The molecular formula is C84H51F8NO2. The third-order valence-corrected chi connectivity index (χ3v) is 18.3. The molecule has 0 N–H and O–H groups in total. The molecule has 0 saturated carbocycles. The third kappa shape index (κ3) is 9.72. The highest BCUT2D eigenvalue weighted by molar-refractivity contribution is 5.94. The summed E-state index contributed by atoms with van der Waals surface area (Å²) in [6.07, 6.45) is 3.39. The van der Waals surface area contributed by atoms with Crippen LogP contribution in [0.15, 0.2) is 286 Å². The standard InChI is InChI=1S/C84H51F8NO2/c1-3-50-25-35-59(36-26-50)94-61-39-29-54(30-40-61)83(77-79(89)73(85)48-74(86)80(77)90)69-23-12-10-21-65(69)67-43-33-57(46-71(67)83)93(56-18-14-17-53(45-56)64-20-9-8-19-63(64)52-15-6-5-7-16-52)58-34-44-68-66-22-11-13-24-70(66)84(72(68)47-58,78-81(91)75(87)49-76(88)82(78)92)55-31-41-62(42-32-55)95-60-37-27-51(4-2)28-38-60/h3-49H,1-2H2. The maximum Gasteiger partial charge on any atom is 0.166 e. The molecule has 15 rings (SSSR count). The minimum atomic E-state index is -2.14. The number of hydrogen-bond donors (Lipinski definition) is 0. The van der Waals surface area contributed by atoms with Gasteiger partial charge in [-0.15, -0.1) is 0 Å². The van der Waals surface area contributed by atoms with E-state index >= 15 is 35.1 Å². The average Bonchev–Trinajstić information content (AvgIpc) is 1.57. The van der Waals surface area contributed by atoms with Gasteiger partial charge in [0.15, 0.2) is 46.5 Å². The van der Waals surface area contributed by atoms with E-state index in [-0.39, 0.29) is 34.4 Å². The molecule has 0 saturated heterocycles. The van der Waals surface area contributed by atoms with Crippen LogP contribution in [0.4, 0.5) is 52.2 Å². The topological polar surface area (TPSA) is 21.7 Å². The maximum absolute atomic E-state index is 17.5. The summed E-state index contributed by atoms with van der Waals surface area (Å²) in [7, 11) is 0. The van der Waals surface area contributed by atoms with Crippen LogP contribution in [0.25, 0.3) is 56.7 Å². The average molecular weight is 1260 g/mol. The molecular weight excluding hydrogens is 1210 g/mol. The zero-order chi connectivity index (χ0) is 65.3. The largest absolute Gasteiger partial charge is 0.457 e. The first-order valence-electron chi connectivity index (χ1n) is 30.5. The quantitative estimate of drug-likeness (QED) is 0.0754. The Morgan fingerprint density at radius 3 is 1.03 bits per heavy atom. The number of ether oxygens (including phenoxy) is 2. The van der Waals surface area contributed by atoms with Crippen molar-refractivity contribution in [1.29, 1.82) is 0 Å². The zero-order valence-electron chi connectivity index (χ0n) is 50.3. The van der Waals surface area contributed by atoms with Crippen molar-refractivity contribution in [2.24, 2.45) is 0 Å². The normalized spacial score (nSPS) is 14.9. The fraction of sp³-hybridized carbons (Fsp3) is 0.0238. The summed E-state index contributed by atoms with van der Waals surface area (Å²) in [5.74, 6) is -11.3. The van der Waals surface area contributed by atoms with Gasteiger partial charge >= 0.3 is 0 Å². The Morgan fingerprint density at radius 2 is 0.621 bits per heavy atom. The van der Waals surface area contributed by atoms with Crippen LogP contribution in [0.3, 0.4) is 0 Å². The van der Waals surface area contributed by atoms with E-state index in [1.807, 2.05) is 120 Å². The van der Waals surface area contributed by atoms with Crippen molar-refractivity contribution in [3.05, 3.63) is 388 Å². The van der Waals surface area contributed by atoms with Crippen molar-refractivity contribution < 1.29 is 44.6 Å². The molecule has 3 nitrogen and oxygen atoms in total. The Labute approximate surface area is 542 Å². The predicted octanol–water partition coefficient (Wildman–Crippen LogP) is 23.2.